The van der Waals surface area contributed by atoms with E-state index < -0.39 is 23.9 Å². The number of ketones is 1. The van der Waals surface area contributed by atoms with Crippen LogP contribution in [0.15, 0.2) is 34.4 Å². The number of Topliss-reactive ketones (excluding diaryl/α,β-unsaturated/α-hetero) is 1. The molecule has 0 heterocycles. The number of fused-ring (bicyclic) bond motifs is 2. The molecule has 0 aromatic carbocycles. The molecular formula is C33H50O9. The van der Waals surface area contributed by atoms with Gasteiger partial charge >= 0.3 is 23.9 Å². The van der Waals surface area contributed by atoms with Gasteiger partial charge in [-0.25, -0.2) is 9.59 Å². The Kier molecular flexibility index (Phi) is 16.1. The number of allylic oxidation sites excluding steroid dienone is 5. The highest BCUT2D eigenvalue weighted by Gasteiger charge is 2.44. The van der Waals surface area contributed by atoms with Gasteiger partial charge in [0.2, 0.25) is 0 Å². The van der Waals surface area contributed by atoms with E-state index in [0.717, 1.165) is 37.7 Å². The lowest BCUT2D eigenvalue weighted by molar-refractivity contribution is -0.154. The first-order valence-corrected chi connectivity index (χ1v) is 14.9. The minimum atomic E-state index is -0.544. The van der Waals surface area contributed by atoms with Gasteiger partial charge in [0.05, 0.1) is 26.4 Å². The summed E-state index contributed by atoms with van der Waals surface area (Å²) >= 11 is 0. The largest absolute Gasteiger partial charge is 0.466 e. The SMILES string of the molecule is C.CCC1=C[C@H]2C(=O)C[C@H]2C1.CCOC(=O)C(C(=O)OCC)=C1C[C@H]2CC(CC)=C[C@@H]12.CCOC(=O)CC(=O)OCC. The molecule has 0 N–H and O–H groups in total. The van der Waals surface area contributed by atoms with Crippen LogP contribution in [-0.4, -0.2) is 56.1 Å². The Morgan fingerprint density at radius 1 is 0.643 bits per heavy atom. The number of carbonyl (C=O) groups is 5. The lowest BCUT2D eigenvalue weighted by atomic mass is 9.69. The van der Waals surface area contributed by atoms with Crippen LogP contribution in [0.1, 0.15) is 93.9 Å². The fourth-order valence-corrected chi connectivity index (χ4v) is 5.56. The monoisotopic (exact) mass is 590 g/mol. The van der Waals surface area contributed by atoms with E-state index in [1.807, 2.05) is 0 Å². The Morgan fingerprint density at radius 2 is 1.07 bits per heavy atom. The van der Waals surface area contributed by atoms with E-state index in [9.17, 15) is 24.0 Å². The molecule has 0 aromatic rings. The molecule has 42 heavy (non-hydrogen) atoms. The summed E-state index contributed by atoms with van der Waals surface area (Å²) in [5, 5.41) is 0. The molecule has 0 radical (unpaired) electrons. The zero-order valence-corrected chi connectivity index (χ0v) is 25.4. The van der Waals surface area contributed by atoms with Crippen LogP contribution in [0.4, 0.5) is 0 Å². The first kappa shape index (κ1) is 36.8. The molecule has 236 valence electrons. The Labute approximate surface area is 251 Å². The zero-order valence-electron chi connectivity index (χ0n) is 25.4. The maximum Gasteiger partial charge on any atom is 0.345 e. The molecule has 0 spiro atoms. The number of hydrogen-bond acceptors (Lipinski definition) is 9. The first-order chi connectivity index (χ1) is 19.6. The van der Waals surface area contributed by atoms with Crippen LogP contribution in [0.5, 0.6) is 0 Å². The van der Waals surface area contributed by atoms with Crippen LogP contribution in [0, 0.1) is 23.7 Å². The van der Waals surface area contributed by atoms with E-state index in [2.05, 4.69) is 35.5 Å². The van der Waals surface area contributed by atoms with Crippen LogP contribution in [-0.2, 0) is 42.9 Å². The Morgan fingerprint density at radius 3 is 1.45 bits per heavy atom. The molecule has 0 bridgehead atoms. The second-order valence-electron chi connectivity index (χ2n) is 10.3. The van der Waals surface area contributed by atoms with Crippen LogP contribution < -0.4 is 0 Å². The maximum absolute atomic E-state index is 12.0. The van der Waals surface area contributed by atoms with Gasteiger partial charge < -0.3 is 18.9 Å². The van der Waals surface area contributed by atoms with Gasteiger partial charge in [-0.05, 0) is 77.2 Å². The van der Waals surface area contributed by atoms with Crippen molar-refractivity contribution in [1.82, 2.24) is 0 Å². The highest BCUT2D eigenvalue weighted by atomic mass is 16.6. The van der Waals surface area contributed by atoms with Crippen LogP contribution in [0.3, 0.4) is 0 Å². The lowest BCUT2D eigenvalue weighted by Crippen LogP contribution is -2.32. The molecule has 4 atom stereocenters. The van der Waals surface area contributed by atoms with E-state index in [-0.39, 0.29) is 51.8 Å². The van der Waals surface area contributed by atoms with Gasteiger partial charge in [0, 0.05) is 18.3 Å². The predicted molar refractivity (Wildman–Crippen MR) is 159 cm³/mol. The summed E-state index contributed by atoms with van der Waals surface area (Å²) in [6.07, 6.45) is 10.2. The van der Waals surface area contributed by atoms with Crippen LogP contribution >= 0.6 is 0 Å². The van der Waals surface area contributed by atoms with E-state index in [0.29, 0.717) is 23.5 Å². The quantitative estimate of drug-likeness (QED) is 0.0769. The average molecular weight is 591 g/mol. The van der Waals surface area contributed by atoms with Crippen molar-refractivity contribution in [3.63, 3.8) is 0 Å². The van der Waals surface area contributed by atoms with Gasteiger partial charge in [-0.15, -0.1) is 0 Å². The molecular weight excluding hydrogens is 540 g/mol. The highest BCUT2D eigenvalue weighted by molar-refractivity contribution is 6.15. The number of carbonyl (C=O) groups excluding carboxylic acids is 5. The summed E-state index contributed by atoms with van der Waals surface area (Å²) < 4.78 is 19.1. The number of rotatable bonds is 10. The van der Waals surface area contributed by atoms with Crippen molar-refractivity contribution in [2.45, 2.75) is 93.9 Å². The molecule has 9 heteroatoms. The third kappa shape index (κ3) is 9.95. The number of ether oxygens (including phenoxy) is 4. The molecule has 2 fully saturated rings. The molecule has 0 aliphatic heterocycles. The van der Waals surface area contributed by atoms with Crippen molar-refractivity contribution in [3.8, 4) is 0 Å². The Balaban J connectivity index is 0.000000340. The zero-order chi connectivity index (χ0) is 30.5. The van der Waals surface area contributed by atoms with Crippen molar-refractivity contribution in [1.29, 1.82) is 0 Å². The van der Waals surface area contributed by atoms with E-state index >= 15 is 0 Å². The second-order valence-corrected chi connectivity index (χ2v) is 10.3. The molecule has 0 aromatic heterocycles. The topological polar surface area (TPSA) is 122 Å². The Hall–Kier alpha value is -3.23. The number of hydrogen-bond donors (Lipinski definition) is 0. The molecule has 0 unspecified atom stereocenters. The third-order valence-corrected chi connectivity index (χ3v) is 7.70. The third-order valence-electron chi connectivity index (χ3n) is 7.70. The van der Waals surface area contributed by atoms with E-state index in [1.165, 1.54) is 17.6 Å². The van der Waals surface area contributed by atoms with Gasteiger partial charge in [0.1, 0.15) is 17.8 Å². The molecule has 4 aliphatic rings. The van der Waals surface area contributed by atoms with Crippen molar-refractivity contribution < 1.29 is 42.9 Å². The van der Waals surface area contributed by atoms with Crippen molar-refractivity contribution >= 4 is 29.7 Å². The second kappa shape index (κ2) is 18.3. The summed E-state index contributed by atoms with van der Waals surface area (Å²) in [6, 6.07) is 0. The minimum Gasteiger partial charge on any atom is -0.466 e. The van der Waals surface area contributed by atoms with Gasteiger partial charge in [-0.2, -0.15) is 0 Å². The number of esters is 4. The highest BCUT2D eigenvalue weighted by Crippen LogP contribution is 2.51. The molecule has 9 nitrogen and oxygen atoms in total. The van der Waals surface area contributed by atoms with Gasteiger partial charge in [-0.3, -0.25) is 14.4 Å². The van der Waals surface area contributed by atoms with Crippen molar-refractivity contribution in [2.75, 3.05) is 26.4 Å². The maximum atomic E-state index is 12.0. The summed E-state index contributed by atoms with van der Waals surface area (Å²) in [6.45, 7) is 12.2. The minimum absolute atomic E-state index is 0. The molecule has 4 aliphatic carbocycles. The smallest absolute Gasteiger partial charge is 0.345 e. The Bertz CT molecular complexity index is 1030. The molecule has 0 amide bonds. The fourth-order valence-electron chi connectivity index (χ4n) is 5.56. The van der Waals surface area contributed by atoms with Crippen LogP contribution in [0.25, 0.3) is 0 Å². The van der Waals surface area contributed by atoms with E-state index in [4.69, 9.17) is 9.47 Å². The summed E-state index contributed by atoms with van der Waals surface area (Å²) in [4.78, 5) is 56.2. The molecule has 4 rings (SSSR count). The van der Waals surface area contributed by atoms with Gasteiger partial charge in [0.15, 0.2) is 0 Å². The summed E-state index contributed by atoms with van der Waals surface area (Å²) in [5.74, 6) is 0.144. The standard InChI is InChI=1S/C16H22O4.C9H12O.C7H12O4.CH4/c1-4-10-7-11-9-13(12(11)8-10)14(15(17)19-5-2)16(18)20-6-3;1-2-6-3-7-5-9(10)8(7)4-6;1-3-10-6(8)5-7(9)11-4-2;/h8,11-12H,4-7,9H2,1-3H3;4,7-8H,2-3,5H2,1H3;3-5H2,1-2H3;1H4/t11-,12-;7-,8-;;/m11../s1. The first-order valence-electron chi connectivity index (χ1n) is 14.9. The van der Waals surface area contributed by atoms with Crippen molar-refractivity contribution in [2.24, 2.45) is 23.7 Å². The van der Waals surface area contributed by atoms with Gasteiger partial charge in [-0.1, -0.05) is 44.6 Å². The van der Waals surface area contributed by atoms with Gasteiger partial charge in [0.25, 0.3) is 0 Å². The average Bonchev–Trinajstić information content (AvgIpc) is 3.44. The molecule has 0 saturated heterocycles. The van der Waals surface area contributed by atoms with Crippen molar-refractivity contribution in [3.05, 3.63) is 34.4 Å². The normalized spacial score (nSPS) is 22.3. The summed E-state index contributed by atoms with van der Waals surface area (Å²) in [7, 11) is 0. The summed E-state index contributed by atoms with van der Waals surface area (Å²) in [5.41, 5.74) is 3.95. The predicted octanol–water partition coefficient (Wildman–Crippen LogP) is 5.86. The lowest BCUT2D eigenvalue weighted by Gasteiger charge is -2.35. The van der Waals surface area contributed by atoms with Crippen LogP contribution in [0.2, 0.25) is 0 Å². The molecule has 2 saturated carbocycles. The van der Waals surface area contributed by atoms with E-state index in [1.54, 1.807) is 27.7 Å². The fraction of sp³-hybridized carbons (Fsp3) is 0.667.